The van der Waals surface area contributed by atoms with Crippen LogP contribution in [0.1, 0.15) is 56.2 Å². The molecule has 6 unspecified atom stereocenters. The molecule has 4 aliphatic rings. The van der Waals surface area contributed by atoms with Gasteiger partial charge < -0.3 is 9.84 Å². The summed E-state index contributed by atoms with van der Waals surface area (Å²) in [5.41, 5.74) is 4.75. The zero-order chi connectivity index (χ0) is 33.4. The first-order valence-electron chi connectivity index (χ1n) is 16.1. The number of carbonyl (C=O) groups is 4. The fraction of sp³-hybridized carbons (Fsp3) is 0.368. The second-order valence-corrected chi connectivity index (χ2v) is 14.2. The molecule has 1 saturated carbocycles. The highest BCUT2D eigenvalue weighted by molar-refractivity contribution is 6.13. The lowest BCUT2D eigenvalue weighted by molar-refractivity contribution is -0.146. The summed E-state index contributed by atoms with van der Waals surface area (Å²) in [4.78, 5) is 59.1. The maximum absolute atomic E-state index is 15.1. The molecule has 4 amide bonds. The molecular weight excluding hydrogens is 594 g/mol. The zero-order valence-electron chi connectivity index (χ0n) is 27.2. The molecule has 3 aromatic rings. The minimum Gasteiger partial charge on any atom is -0.504 e. The number of methoxy groups -OCH3 is 1. The number of carbonyl (C=O) groups excluding carboxylic acids is 4. The van der Waals surface area contributed by atoms with Crippen molar-refractivity contribution in [2.75, 3.05) is 12.5 Å². The van der Waals surface area contributed by atoms with Gasteiger partial charge in [-0.25, -0.2) is 0 Å². The van der Waals surface area contributed by atoms with E-state index in [-0.39, 0.29) is 29.7 Å². The monoisotopic (exact) mass is 633 g/mol. The van der Waals surface area contributed by atoms with Crippen LogP contribution in [0.15, 0.2) is 84.4 Å². The largest absolute Gasteiger partial charge is 0.504 e. The maximum atomic E-state index is 15.1. The van der Waals surface area contributed by atoms with Crippen LogP contribution in [0.3, 0.4) is 0 Å². The van der Waals surface area contributed by atoms with Gasteiger partial charge in [-0.2, -0.15) is 5.01 Å². The fourth-order valence-corrected chi connectivity index (χ4v) is 8.67. The number of nitrogens with zero attached hydrogens (tertiary/aromatic N) is 2. The Bertz CT molecular complexity index is 1830. The van der Waals surface area contributed by atoms with Crippen molar-refractivity contribution in [2.45, 2.75) is 57.4 Å². The van der Waals surface area contributed by atoms with E-state index < -0.39 is 52.4 Å². The Balaban J connectivity index is 1.45. The molecule has 2 heterocycles. The van der Waals surface area contributed by atoms with E-state index in [1.165, 1.54) is 12.0 Å². The Morgan fingerprint density at radius 1 is 0.894 bits per heavy atom. The van der Waals surface area contributed by atoms with Crippen LogP contribution in [-0.2, 0) is 24.6 Å². The number of hydrazine groups is 1. The van der Waals surface area contributed by atoms with Crippen molar-refractivity contribution in [1.29, 1.82) is 0 Å². The number of nitrogens with one attached hydrogen (secondary N) is 1. The standard InChI is InChI=1S/C38H39N3O6/c1-21-11-14-24(15-12-21)39-41-34(44)28-20-27-25(16-17-26-31(27)35(45)40(33(26)43)37(2,3)4)32(22-13-18-30(47-5)29(42)19-22)38(28,36(41)46)23-9-7-6-8-10-23/h6-16,18-19,26-28,31-32,39,42H,17,20H2,1-5H3. The molecule has 9 nitrogen and oxygen atoms in total. The number of anilines is 1. The molecule has 0 aromatic heterocycles. The highest BCUT2D eigenvalue weighted by atomic mass is 16.5. The molecule has 47 heavy (non-hydrogen) atoms. The molecule has 6 atom stereocenters. The second-order valence-electron chi connectivity index (χ2n) is 14.2. The summed E-state index contributed by atoms with van der Waals surface area (Å²) in [5, 5.41) is 12.2. The van der Waals surface area contributed by atoms with Crippen molar-refractivity contribution < 1.29 is 29.0 Å². The highest BCUT2D eigenvalue weighted by Gasteiger charge is 2.70. The fourth-order valence-electron chi connectivity index (χ4n) is 8.67. The molecule has 3 fully saturated rings. The van der Waals surface area contributed by atoms with Gasteiger partial charge in [-0.15, -0.1) is 0 Å². The number of benzene rings is 3. The molecule has 0 bridgehead atoms. The predicted molar refractivity (Wildman–Crippen MR) is 175 cm³/mol. The summed E-state index contributed by atoms with van der Waals surface area (Å²) in [6, 6.07) is 21.9. The number of ether oxygens (including phenoxy) is 1. The maximum Gasteiger partial charge on any atom is 0.260 e. The minimum absolute atomic E-state index is 0.0985. The normalized spacial score (nSPS) is 28.5. The Morgan fingerprint density at radius 2 is 1.60 bits per heavy atom. The van der Waals surface area contributed by atoms with Crippen LogP contribution in [0.4, 0.5) is 5.69 Å². The summed E-state index contributed by atoms with van der Waals surface area (Å²) in [6.07, 6.45) is 2.58. The van der Waals surface area contributed by atoms with Crippen LogP contribution in [0.25, 0.3) is 0 Å². The molecule has 7 rings (SSSR count). The number of imide groups is 2. The van der Waals surface area contributed by atoms with Crippen LogP contribution >= 0.6 is 0 Å². The molecule has 3 aromatic carbocycles. The van der Waals surface area contributed by atoms with Gasteiger partial charge >= 0.3 is 0 Å². The Kier molecular flexibility index (Phi) is 7.07. The molecule has 242 valence electrons. The van der Waals surface area contributed by atoms with E-state index in [4.69, 9.17) is 4.74 Å². The van der Waals surface area contributed by atoms with E-state index in [2.05, 4.69) is 5.43 Å². The van der Waals surface area contributed by atoms with Gasteiger partial charge in [-0.3, -0.25) is 29.5 Å². The number of aryl methyl sites for hydroxylation is 1. The summed E-state index contributed by atoms with van der Waals surface area (Å²) in [5.74, 6) is -4.32. The van der Waals surface area contributed by atoms with E-state index >= 15 is 4.79 Å². The first kappa shape index (κ1) is 30.7. The molecule has 9 heteroatoms. The molecule has 2 saturated heterocycles. The molecule has 2 N–H and O–H groups in total. The summed E-state index contributed by atoms with van der Waals surface area (Å²) in [7, 11) is 1.47. The lowest BCUT2D eigenvalue weighted by atomic mass is 9.49. The summed E-state index contributed by atoms with van der Waals surface area (Å²) >= 11 is 0. The van der Waals surface area contributed by atoms with E-state index in [0.717, 1.165) is 16.1 Å². The number of rotatable bonds is 5. The number of aromatic hydroxyl groups is 1. The number of allylic oxidation sites excluding steroid dienone is 2. The number of fused-ring (bicyclic) bond motifs is 4. The van der Waals surface area contributed by atoms with E-state index in [0.29, 0.717) is 23.2 Å². The van der Waals surface area contributed by atoms with Crippen molar-refractivity contribution in [3.05, 3.63) is 101 Å². The summed E-state index contributed by atoms with van der Waals surface area (Å²) < 4.78 is 5.36. The van der Waals surface area contributed by atoms with Gasteiger partial charge in [0.05, 0.1) is 36.0 Å². The van der Waals surface area contributed by atoms with Crippen LogP contribution in [0, 0.1) is 30.6 Å². The Morgan fingerprint density at radius 3 is 2.23 bits per heavy atom. The van der Waals surface area contributed by atoms with Gasteiger partial charge in [0.2, 0.25) is 11.8 Å². The number of phenolic OH excluding ortho intramolecular Hbond substituents is 1. The van der Waals surface area contributed by atoms with Crippen LogP contribution in [-0.4, -0.2) is 51.3 Å². The molecule has 2 aliphatic heterocycles. The second kappa shape index (κ2) is 10.8. The number of amides is 4. The average molecular weight is 634 g/mol. The Hall–Kier alpha value is -4.92. The first-order valence-corrected chi connectivity index (χ1v) is 16.1. The van der Waals surface area contributed by atoms with Crippen molar-refractivity contribution in [3.63, 3.8) is 0 Å². The molecule has 2 aliphatic carbocycles. The topological polar surface area (TPSA) is 116 Å². The van der Waals surface area contributed by atoms with Gasteiger partial charge in [0.1, 0.15) is 0 Å². The number of likely N-dealkylation sites (tertiary alicyclic amines) is 1. The first-order chi connectivity index (χ1) is 22.4. The van der Waals surface area contributed by atoms with Gasteiger partial charge in [0.15, 0.2) is 11.5 Å². The van der Waals surface area contributed by atoms with Crippen LogP contribution in [0.5, 0.6) is 11.5 Å². The number of hydrogen-bond donors (Lipinski definition) is 2. The van der Waals surface area contributed by atoms with E-state index in [1.807, 2.05) is 94.4 Å². The van der Waals surface area contributed by atoms with Crippen molar-refractivity contribution in [2.24, 2.45) is 23.7 Å². The smallest absolute Gasteiger partial charge is 0.260 e. The highest BCUT2D eigenvalue weighted by Crippen LogP contribution is 2.64. The quantitative estimate of drug-likeness (QED) is 0.282. The van der Waals surface area contributed by atoms with Crippen LogP contribution in [0.2, 0.25) is 0 Å². The predicted octanol–water partition coefficient (Wildman–Crippen LogP) is 5.49. The Labute approximate surface area is 274 Å². The van der Waals surface area contributed by atoms with E-state index in [9.17, 15) is 19.5 Å². The third kappa shape index (κ3) is 4.42. The average Bonchev–Trinajstić information content (AvgIpc) is 3.43. The lowest BCUT2D eigenvalue weighted by Crippen LogP contribution is -2.53. The minimum atomic E-state index is -1.40. The SMILES string of the molecule is COc1ccc(C2C3=CCC4C(=O)N(C(C)(C)C)C(=O)C4C3CC3C(=O)N(Nc4ccc(C)cc4)C(=O)C32c2ccccc2)cc1O. The van der Waals surface area contributed by atoms with Gasteiger partial charge in [-0.05, 0) is 81.8 Å². The third-order valence-corrected chi connectivity index (χ3v) is 10.6. The third-order valence-electron chi connectivity index (χ3n) is 10.6. The van der Waals surface area contributed by atoms with Gasteiger partial charge in [0.25, 0.3) is 11.8 Å². The molecular formula is C38H39N3O6. The lowest BCUT2D eigenvalue weighted by Gasteiger charge is -2.50. The van der Waals surface area contributed by atoms with Crippen molar-refractivity contribution >= 4 is 29.3 Å². The molecule has 0 spiro atoms. The van der Waals surface area contributed by atoms with Gasteiger partial charge in [-0.1, -0.05) is 65.7 Å². The van der Waals surface area contributed by atoms with E-state index in [1.54, 1.807) is 12.1 Å². The molecule has 0 radical (unpaired) electrons. The number of phenols is 1. The number of hydrogen-bond acceptors (Lipinski definition) is 7. The van der Waals surface area contributed by atoms with Crippen molar-refractivity contribution in [3.8, 4) is 11.5 Å². The van der Waals surface area contributed by atoms with Gasteiger partial charge in [0, 0.05) is 11.5 Å². The van der Waals surface area contributed by atoms with Crippen LogP contribution < -0.4 is 10.2 Å². The zero-order valence-corrected chi connectivity index (χ0v) is 27.2. The van der Waals surface area contributed by atoms with Crippen molar-refractivity contribution in [1.82, 2.24) is 9.91 Å². The summed E-state index contributed by atoms with van der Waals surface area (Å²) in [6.45, 7) is 7.52.